The minimum Gasteiger partial charge on any atom is -0.388 e. The molecule has 16 heteroatoms. The summed E-state index contributed by atoms with van der Waals surface area (Å²) < 4.78 is 31.7. The monoisotopic (exact) mass is 809 g/mol. The van der Waals surface area contributed by atoms with Crippen LogP contribution in [0.15, 0.2) is 77.9 Å². The second-order valence-corrected chi connectivity index (χ2v) is 16.2. The standard InChI is InChI=1S/C43H49F2N9O5/c44-33-25-31(47-35-12-14-37(55)49-40(35)57)11-13-36(33)52-22-20-51(21-23-52)27-43(59)15-18-53(19-16-43)41(58)28-7-9-30(10-8-28)48-42-46-26-34(45)39(50-42)29-4-3-5-32(24-29)54-17-2-1-6-38(54)56/h1-6,11,13,17,24-26,28,30,35,47,59H,7-10,12,14-16,18-23,27H2,(H,46,48,50)(H,49,55,57). The molecule has 1 unspecified atom stereocenters. The zero-order chi connectivity index (χ0) is 41.1. The van der Waals surface area contributed by atoms with Gasteiger partial charge in [0.25, 0.3) is 5.56 Å². The van der Waals surface area contributed by atoms with Gasteiger partial charge in [-0.15, -0.1) is 0 Å². The summed E-state index contributed by atoms with van der Waals surface area (Å²) in [6.45, 7) is 3.97. The van der Waals surface area contributed by atoms with Crippen LogP contribution in [-0.4, -0.2) is 111 Å². The number of halogens is 2. The molecule has 4 N–H and O–H groups in total. The molecule has 0 bridgehead atoms. The number of anilines is 3. The van der Waals surface area contributed by atoms with Crippen molar-refractivity contribution in [1.82, 2.24) is 29.7 Å². The van der Waals surface area contributed by atoms with Crippen LogP contribution < -0.4 is 26.4 Å². The van der Waals surface area contributed by atoms with E-state index in [2.05, 4.69) is 30.8 Å². The zero-order valence-electron chi connectivity index (χ0n) is 32.8. The van der Waals surface area contributed by atoms with Crippen molar-refractivity contribution < 1.29 is 28.3 Å². The Morgan fingerprint density at radius 2 is 1.64 bits per heavy atom. The van der Waals surface area contributed by atoms with E-state index in [9.17, 15) is 28.7 Å². The van der Waals surface area contributed by atoms with Crippen LogP contribution in [0.5, 0.6) is 0 Å². The lowest BCUT2D eigenvalue weighted by atomic mass is 9.84. The van der Waals surface area contributed by atoms with E-state index in [0.717, 1.165) is 19.0 Å². The average molecular weight is 810 g/mol. The van der Waals surface area contributed by atoms with E-state index in [1.807, 2.05) is 9.80 Å². The van der Waals surface area contributed by atoms with Gasteiger partial charge in [-0.1, -0.05) is 18.2 Å². The summed E-state index contributed by atoms with van der Waals surface area (Å²) >= 11 is 0. The first-order valence-corrected chi connectivity index (χ1v) is 20.5. The molecule has 3 amide bonds. The number of imide groups is 1. The molecule has 59 heavy (non-hydrogen) atoms. The number of benzene rings is 2. The van der Waals surface area contributed by atoms with Crippen molar-refractivity contribution in [2.45, 2.75) is 69.1 Å². The van der Waals surface area contributed by atoms with Crippen molar-refractivity contribution >= 4 is 35.0 Å². The van der Waals surface area contributed by atoms with Crippen LogP contribution in [0.3, 0.4) is 0 Å². The fourth-order valence-electron chi connectivity index (χ4n) is 8.76. The van der Waals surface area contributed by atoms with E-state index in [-0.39, 0.29) is 41.4 Å². The van der Waals surface area contributed by atoms with E-state index in [1.165, 1.54) is 16.7 Å². The fourth-order valence-corrected chi connectivity index (χ4v) is 8.76. The number of piperazine rings is 1. The van der Waals surface area contributed by atoms with Gasteiger partial charge in [-0.3, -0.25) is 34.0 Å². The number of carbonyl (C=O) groups excluding carboxylic acids is 3. The quantitative estimate of drug-likeness (QED) is 0.172. The number of likely N-dealkylation sites (tertiary alicyclic amines) is 1. The minimum atomic E-state index is -0.913. The predicted molar refractivity (Wildman–Crippen MR) is 218 cm³/mol. The summed E-state index contributed by atoms with van der Waals surface area (Å²) in [5, 5.41) is 20.2. The van der Waals surface area contributed by atoms with Gasteiger partial charge in [0.15, 0.2) is 5.82 Å². The molecule has 1 saturated carbocycles. The highest BCUT2D eigenvalue weighted by atomic mass is 19.1. The van der Waals surface area contributed by atoms with Crippen molar-refractivity contribution in [3.8, 4) is 16.9 Å². The number of rotatable bonds is 10. The van der Waals surface area contributed by atoms with Gasteiger partial charge in [0.1, 0.15) is 17.6 Å². The van der Waals surface area contributed by atoms with Crippen LogP contribution in [0.25, 0.3) is 16.9 Å². The number of hydrogen-bond donors (Lipinski definition) is 4. The Balaban J connectivity index is 0.776. The zero-order valence-corrected chi connectivity index (χ0v) is 32.8. The Kier molecular flexibility index (Phi) is 11.7. The summed E-state index contributed by atoms with van der Waals surface area (Å²) in [4.78, 5) is 64.3. The summed E-state index contributed by atoms with van der Waals surface area (Å²) in [6, 6.07) is 16.1. The van der Waals surface area contributed by atoms with E-state index in [4.69, 9.17) is 0 Å². The second kappa shape index (κ2) is 17.2. The van der Waals surface area contributed by atoms with Crippen LogP contribution in [0.2, 0.25) is 0 Å². The van der Waals surface area contributed by atoms with Crippen LogP contribution in [-0.2, 0) is 14.4 Å². The largest absolute Gasteiger partial charge is 0.388 e. The smallest absolute Gasteiger partial charge is 0.255 e. The molecule has 0 spiro atoms. The summed E-state index contributed by atoms with van der Waals surface area (Å²) in [5.41, 5.74) is 1.10. The lowest BCUT2D eigenvalue weighted by molar-refractivity contribution is -0.141. The topological polar surface area (TPSA) is 165 Å². The van der Waals surface area contributed by atoms with Crippen LogP contribution in [0, 0.1) is 17.6 Å². The Labute approximate surface area is 340 Å². The minimum absolute atomic E-state index is 0.0244. The molecule has 4 aromatic rings. The number of aromatic nitrogens is 3. The first kappa shape index (κ1) is 40.1. The fraction of sp³-hybridized carbons (Fsp3) is 0.442. The third kappa shape index (κ3) is 9.28. The Morgan fingerprint density at radius 1 is 0.864 bits per heavy atom. The van der Waals surface area contributed by atoms with Crippen molar-refractivity contribution in [2.75, 3.05) is 61.3 Å². The summed E-state index contributed by atoms with van der Waals surface area (Å²) in [6.07, 6.45) is 7.23. The molecule has 14 nitrogen and oxygen atoms in total. The Morgan fingerprint density at radius 3 is 2.37 bits per heavy atom. The molecular weight excluding hydrogens is 761 g/mol. The van der Waals surface area contributed by atoms with Crippen LogP contribution in [0.4, 0.5) is 26.1 Å². The van der Waals surface area contributed by atoms with Crippen molar-refractivity contribution in [3.05, 3.63) is 95.0 Å². The third-order valence-corrected chi connectivity index (χ3v) is 12.1. The van der Waals surface area contributed by atoms with Gasteiger partial charge in [0.2, 0.25) is 23.7 Å². The number of piperidine rings is 2. The Bertz CT molecular complexity index is 2250. The van der Waals surface area contributed by atoms with E-state index < -0.39 is 29.2 Å². The lowest BCUT2D eigenvalue weighted by Crippen LogP contribution is -2.56. The lowest BCUT2D eigenvalue weighted by Gasteiger charge is -2.44. The molecule has 2 aromatic heterocycles. The van der Waals surface area contributed by atoms with E-state index in [0.29, 0.717) is 106 Å². The van der Waals surface area contributed by atoms with E-state index >= 15 is 4.39 Å². The van der Waals surface area contributed by atoms with Crippen LogP contribution >= 0.6 is 0 Å². The number of aliphatic hydroxyl groups is 1. The molecule has 2 aromatic carbocycles. The predicted octanol–water partition coefficient (Wildman–Crippen LogP) is 3.94. The highest BCUT2D eigenvalue weighted by Gasteiger charge is 2.38. The van der Waals surface area contributed by atoms with Gasteiger partial charge in [-0.05, 0) is 81.3 Å². The molecule has 1 atom stereocenters. The number of nitrogens with zero attached hydrogens (tertiary/aromatic N) is 6. The molecule has 4 fully saturated rings. The SMILES string of the molecule is O=C1CCC(Nc2ccc(N3CCN(CC4(O)CCN(C(=O)C5CCC(Nc6ncc(F)c(-c7cccc(-n8ccccc8=O)c7)n6)CC5)CC4)CC3)c(F)c2)C(=O)N1. The summed E-state index contributed by atoms with van der Waals surface area (Å²) in [7, 11) is 0. The molecule has 4 aliphatic rings. The maximum atomic E-state index is 15.2. The molecule has 310 valence electrons. The molecule has 0 radical (unpaired) electrons. The number of hydrogen-bond acceptors (Lipinski definition) is 11. The van der Waals surface area contributed by atoms with Gasteiger partial charge in [-0.2, -0.15) is 0 Å². The van der Waals surface area contributed by atoms with Gasteiger partial charge >= 0.3 is 0 Å². The van der Waals surface area contributed by atoms with Crippen molar-refractivity contribution in [1.29, 1.82) is 0 Å². The Hall–Kier alpha value is -5.74. The summed E-state index contributed by atoms with van der Waals surface area (Å²) in [5.74, 6) is -1.36. The van der Waals surface area contributed by atoms with Gasteiger partial charge < -0.3 is 25.5 Å². The van der Waals surface area contributed by atoms with Crippen molar-refractivity contribution in [2.24, 2.45) is 5.92 Å². The van der Waals surface area contributed by atoms with Crippen LogP contribution in [0.1, 0.15) is 51.4 Å². The maximum Gasteiger partial charge on any atom is 0.255 e. The van der Waals surface area contributed by atoms with E-state index in [1.54, 1.807) is 54.7 Å². The molecular formula is C43H49F2N9O5. The number of carbonyl (C=O) groups is 3. The van der Waals surface area contributed by atoms with Gasteiger partial charge in [-0.25, -0.2) is 18.7 Å². The number of pyridine rings is 1. The molecule has 8 rings (SSSR count). The molecule has 3 aliphatic heterocycles. The highest BCUT2D eigenvalue weighted by Crippen LogP contribution is 2.32. The number of nitrogens with one attached hydrogen (secondary N) is 3. The first-order valence-electron chi connectivity index (χ1n) is 20.5. The molecule has 1 aliphatic carbocycles. The average Bonchev–Trinajstić information content (AvgIpc) is 3.23. The highest BCUT2D eigenvalue weighted by molar-refractivity contribution is 6.01. The van der Waals surface area contributed by atoms with Crippen molar-refractivity contribution in [3.63, 3.8) is 0 Å². The van der Waals surface area contributed by atoms with Gasteiger partial charge in [0.05, 0.1) is 17.5 Å². The maximum absolute atomic E-state index is 15.2. The number of amides is 3. The first-order chi connectivity index (χ1) is 28.5. The third-order valence-electron chi connectivity index (χ3n) is 12.1. The number of β-amino-alcohol motifs (C(OH)–C–C–N with tert-alkyl or cyclic N) is 1. The second-order valence-electron chi connectivity index (χ2n) is 16.2. The molecule has 5 heterocycles. The molecule has 3 saturated heterocycles. The van der Waals surface area contributed by atoms with Gasteiger partial charge in [0, 0.05) is 93.4 Å². The normalized spacial score (nSPS) is 22.5.